The molecule has 7 heteroatoms. The summed E-state index contributed by atoms with van der Waals surface area (Å²) in [5.41, 5.74) is 12.1. The maximum Gasteiger partial charge on any atom is 0.207 e. The molecule has 9 aromatic carbocycles. The van der Waals surface area contributed by atoms with Crippen LogP contribution in [0.25, 0.3) is 55.6 Å². The van der Waals surface area contributed by atoms with Crippen molar-refractivity contribution in [3.63, 3.8) is 0 Å². The van der Waals surface area contributed by atoms with Gasteiger partial charge in [-0.05, 0) is 101 Å². The molecule has 0 unspecified atom stereocenters. The fraction of sp³-hybridized carbons (Fsp3) is 0.0179. The Morgan fingerprint density at radius 1 is 0.429 bits per heavy atom. The number of hydrogen-bond acceptors (Lipinski definition) is 4. The normalized spacial score (nSPS) is 14.4. The number of benzene rings is 9. The molecule has 0 atom stereocenters. The molecule has 4 heterocycles. The fourth-order valence-electron chi connectivity index (χ4n) is 10.7. The molecule has 63 heavy (non-hydrogen) atoms. The van der Waals surface area contributed by atoms with Gasteiger partial charge >= 0.3 is 0 Å². The van der Waals surface area contributed by atoms with E-state index >= 15 is 8.42 Å². The molecule has 0 N–H and O–H groups in total. The van der Waals surface area contributed by atoms with E-state index in [9.17, 15) is 0 Å². The summed E-state index contributed by atoms with van der Waals surface area (Å²) in [6, 6.07) is 74.4. The molecule has 0 saturated heterocycles. The minimum absolute atomic E-state index is 0.321. The minimum atomic E-state index is -4.08. The molecule has 2 aliphatic heterocycles. The van der Waals surface area contributed by atoms with Gasteiger partial charge in [0.2, 0.25) is 9.84 Å². The lowest BCUT2D eigenvalue weighted by molar-refractivity contribution is 0.579. The Labute approximate surface area is 364 Å². The van der Waals surface area contributed by atoms with Gasteiger partial charge in [0.25, 0.3) is 0 Å². The zero-order valence-electron chi connectivity index (χ0n) is 33.8. The highest BCUT2D eigenvalue weighted by molar-refractivity contribution is 7.92. The van der Waals surface area contributed by atoms with Gasteiger partial charge in [-0.2, -0.15) is 0 Å². The van der Waals surface area contributed by atoms with Crippen LogP contribution >= 0.6 is 0 Å². The van der Waals surface area contributed by atoms with Gasteiger partial charge in [-0.25, -0.2) is 13.4 Å². The van der Waals surface area contributed by atoms with Crippen LogP contribution in [-0.4, -0.2) is 22.5 Å². The molecule has 13 rings (SSSR count). The molecule has 0 bridgehead atoms. The van der Waals surface area contributed by atoms with Crippen LogP contribution in [0.5, 0.6) is 0 Å². The number of anilines is 3. The van der Waals surface area contributed by atoms with Crippen LogP contribution < -0.4 is 4.90 Å². The third-order valence-electron chi connectivity index (χ3n) is 13.1. The average molecular weight is 829 g/mol. The first kappa shape index (κ1) is 35.7. The number of sulfone groups is 1. The number of hydrogen-bond donors (Lipinski definition) is 0. The second kappa shape index (κ2) is 13.2. The van der Waals surface area contributed by atoms with Crippen molar-refractivity contribution in [1.82, 2.24) is 14.1 Å². The first-order valence-corrected chi connectivity index (χ1v) is 22.6. The van der Waals surface area contributed by atoms with Crippen molar-refractivity contribution < 1.29 is 8.42 Å². The van der Waals surface area contributed by atoms with Crippen molar-refractivity contribution >= 4 is 59.7 Å². The van der Waals surface area contributed by atoms with Gasteiger partial charge in [-0.1, -0.05) is 140 Å². The molecule has 2 aromatic heterocycles. The number of fused-ring (bicyclic) bond motifs is 13. The van der Waals surface area contributed by atoms with Crippen LogP contribution in [0.2, 0.25) is 0 Å². The highest BCUT2D eigenvalue weighted by atomic mass is 32.2. The molecule has 0 fully saturated rings. The van der Waals surface area contributed by atoms with Crippen LogP contribution in [0.15, 0.2) is 228 Å². The van der Waals surface area contributed by atoms with Gasteiger partial charge in [0.05, 0.1) is 48.6 Å². The third-order valence-corrected chi connectivity index (χ3v) is 15.0. The van der Waals surface area contributed by atoms with E-state index in [4.69, 9.17) is 4.98 Å². The largest absolute Gasteiger partial charge is 0.310 e. The van der Waals surface area contributed by atoms with Gasteiger partial charge in [0, 0.05) is 33.4 Å². The summed E-state index contributed by atoms with van der Waals surface area (Å²) in [6.45, 7) is 0. The number of aromatic nitrogens is 3. The van der Waals surface area contributed by atoms with Gasteiger partial charge < -0.3 is 9.47 Å². The van der Waals surface area contributed by atoms with Crippen molar-refractivity contribution in [2.75, 3.05) is 4.90 Å². The van der Waals surface area contributed by atoms with Crippen LogP contribution in [0.4, 0.5) is 17.1 Å². The summed E-state index contributed by atoms with van der Waals surface area (Å²) in [6.07, 6.45) is 0. The van der Waals surface area contributed by atoms with Gasteiger partial charge in [0.1, 0.15) is 5.82 Å². The lowest BCUT2D eigenvalue weighted by atomic mass is 9.62. The molecular weight excluding hydrogens is 793 g/mol. The highest BCUT2D eigenvalue weighted by Crippen LogP contribution is 2.62. The smallest absolute Gasteiger partial charge is 0.207 e. The second-order valence-electron chi connectivity index (χ2n) is 16.3. The average Bonchev–Trinajstić information content (AvgIpc) is 3.90. The van der Waals surface area contributed by atoms with Gasteiger partial charge in [-0.15, -0.1) is 0 Å². The van der Waals surface area contributed by atoms with E-state index in [1.165, 1.54) is 0 Å². The Morgan fingerprint density at radius 3 is 1.76 bits per heavy atom. The quantitative estimate of drug-likeness (QED) is 0.177. The Kier molecular flexibility index (Phi) is 7.51. The SMILES string of the molecule is O=S1(=O)c2ccccc2C2(c3ccccc3N(c3ccccc3)c3ccccc32)c2ccc3c(c21)c1ccccc1n3-c1cccc(-c2nc3ccccc3n2-c2ccccc2)c1. The highest BCUT2D eigenvalue weighted by Gasteiger charge is 2.54. The zero-order valence-corrected chi connectivity index (χ0v) is 34.6. The van der Waals surface area contributed by atoms with E-state index in [1.807, 2.05) is 72.8 Å². The number of rotatable bonds is 4. The van der Waals surface area contributed by atoms with E-state index in [2.05, 4.69) is 154 Å². The van der Waals surface area contributed by atoms with Crippen molar-refractivity contribution in [2.45, 2.75) is 15.2 Å². The summed E-state index contributed by atoms with van der Waals surface area (Å²) < 4.78 is 35.8. The topological polar surface area (TPSA) is 60.1 Å². The molecule has 0 aliphatic carbocycles. The van der Waals surface area contributed by atoms with Crippen molar-refractivity contribution in [3.05, 3.63) is 241 Å². The summed E-state index contributed by atoms with van der Waals surface area (Å²) in [4.78, 5) is 8.16. The molecule has 0 radical (unpaired) electrons. The Morgan fingerprint density at radius 2 is 1.02 bits per heavy atom. The maximum absolute atomic E-state index is 15.7. The molecule has 6 nitrogen and oxygen atoms in total. The van der Waals surface area contributed by atoms with E-state index < -0.39 is 15.3 Å². The van der Waals surface area contributed by atoms with Crippen molar-refractivity contribution in [3.8, 4) is 22.8 Å². The van der Waals surface area contributed by atoms with E-state index in [-0.39, 0.29) is 0 Å². The van der Waals surface area contributed by atoms with E-state index in [0.717, 1.165) is 89.5 Å². The summed E-state index contributed by atoms with van der Waals surface area (Å²) in [5, 5.41) is 1.58. The Bertz CT molecular complexity index is 3730. The summed E-state index contributed by atoms with van der Waals surface area (Å²) in [7, 11) is -4.08. The molecule has 0 saturated carbocycles. The van der Waals surface area contributed by atoms with Crippen LogP contribution in [0.1, 0.15) is 22.3 Å². The van der Waals surface area contributed by atoms with Gasteiger partial charge in [0.15, 0.2) is 0 Å². The van der Waals surface area contributed by atoms with E-state index in [0.29, 0.717) is 15.2 Å². The minimum Gasteiger partial charge on any atom is -0.310 e. The molecule has 0 amide bonds. The van der Waals surface area contributed by atoms with Crippen LogP contribution in [-0.2, 0) is 15.3 Å². The predicted molar refractivity (Wildman–Crippen MR) is 253 cm³/mol. The van der Waals surface area contributed by atoms with Crippen LogP contribution in [0, 0.1) is 0 Å². The Hall–Kier alpha value is -8.00. The van der Waals surface area contributed by atoms with Crippen LogP contribution in [0.3, 0.4) is 0 Å². The van der Waals surface area contributed by atoms with E-state index in [1.54, 1.807) is 6.07 Å². The summed E-state index contributed by atoms with van der Waals surface area (Å²) in [5.74, 6) is 0.822. The lowest BCUT2D eigenvalue weighted by Crippen LogP contribution is -2.42. The Balaban J connectivity index is 1.12. The fourth-order valence-corrected chi connectivity index (χ4v) is 12.7. The monoisotopic (exact) mass is 828 g/mol. The molecule has 298 valence electrons. The van der Waals surface area contributed by atoms with Gasteiger partial charge in [-0.3, -0.25) is 4.57 Å². The first-order valence-electron chi connectivity index (χ1n) is 21.1. The first-order chi connectivity index (χ1) is 31.0. The second-order valence-corrected chi connectivity index (χ2v) is 18.1. The number of imidazole rings is 1. The molecule has 2 aliphatic rings. The summed E-state index contributed by atoms with van der Waals surface area (Å²) >= 11 is 0. The van der Waals surface area contributed by atoms with Crippen molar-refractivity contribution in [2.24, 2.45) is 0 Å². The van der Waals surface area contributed by atoms with Crippen molar-refractivity contribution in [1.29, 1.82) is 0 Å². The number of para-hydroxylation sites is 7. The number of nitrogens with zero attached hydrogens (tertiary/aromatic N) is 4. The third kappa shape index (κ3) is 4.82. The molecule has 11 aromatic rings. The lowest BCUT2D eigenvalue weighted by Gasteiger charge is -2.49. The zero-order chi connectivity index (χ0) is 41.9. The predicted octanol–water partition coefficient (Wildman–Crippen LogP) is 13.1. The standard InChI is InChI=1S/C56H36N4O2S/c61-63(62)52-33-16-10-27-44(52)56(42-25-8-13-30-48(42)58(38-19-3-1-4-20-38)49-31-14-9-26-43(49)56)45-34-35-51-53(54(45)63)41-24-7-12-29-47(41)59(51)40-23-17-18-37(36-40)55-57-46-28-11-15-32-50(46)60(55)39-21-5-2-6-22-39/h1-36H. The molecule has 1 spiro atoms. The maximum atomic E-state index is 15.7. The molecular formula is C56H36N4O2S.